The molecule has 5 aliphatic heterocycles. The highest BCUT2D eigenvalue weighted by Crippen LogP contribution is 2.39. The van der Waals surface area contributed by atoms with Gasteiger partial charge in [0.05, 0.1) is 58.4 Å². The van der Waals surface area contributed by atoms with E-state index in [0.29, 0.717) is 11.1 Å². The Morgan fingerprint density at radius 1 is 0.597 bits per heavy atom. The number of hydrogen-bond donors (Lipinski definition) is 18. The summed E-state index contributed by atoms with van der Waals surface area (Å²) in [7, 11) is 0. The Balaban J connectivity index is 1.29. The van der Waals surface area contributed by atoms with Gasteiger partial charge in [-0.15, -0.1) is 0 Å². The minimum absolute atomic E-state index is 0.269. The lowest BCUT2D eigenvalue weighted by Gasteiger charge is -2.52. The molecule has 0 spiro atoms. The van der Waals surface area contributed by atoms with Gasteiger partial charge in [0.15, 0.2) is 25.2 Å². The average Bonchev–Trinajstić information content (AvgIpc) is 3.42. The van der Waals surface area contributed by atoms with Gasteiger partial charge in [0.2, 0.25) is 17.6 Å². The third kappa shape index (κ3) is 14.0. The normalized spacial score (nSPS) is 42.5. The molecule has 6 rings (SSSR count). The van der Waals surface area contributed by atoms with Crippen molar-refractivity contribution >= 4 is 17.8 Å². The van der Waals surface area contributed by atoms with Crippen LogP contribution in [0.1, 0.15) is 31.4 Å². The largest absolute Gasteiger partial charge is 0.544 e. The first-order valence-corrected chi connectivity index (χ1v) is 24.3. The van der Waals surface area contributed by atoms with Crippen LogP contribution < -0.4 is 15.7 Å². The van der Waals surface area contributed by atoms with Gasteiger partial charge in [0.25, 0.3) is 0 Å². The monoisotopic (exact) mass is 1120 g/mol. The highest BCUT2D eigenvalue weighted by Gasteiger charge is 2.59. The molecule has 0 saturated carbocycles. The number of rotatable bonds is 22. The standard InChI is InChI=1S/C45H70N2O30/c1-15(54)46-25-19(56)7-45(44(66)67,76-37(25)27(58)20(57)9-49)77-38-29(60)22(11-51)70-43(33(38)64)73-35-23(12-52)71-40(26(30(35)61)47-16(2)55)75-39-34(65)41(68-14-18-5-3-17(8-48)4-6-18)72-24(13-53)36(39)74-42-32(63)31(62)28(59)21(10-50)69-42/h3-6,19-43,48-53,56-65H,7-14H2,1-2H3,(H,46,54)(H,47,55)(H,66,67)/p-1/t19-,20+,21+,22+,23+,24+,25+,26+,27+,28+,29-,30+,31-,32+,33+,34+,35+,36-,37+,38-,39+,40-,41+,42-,43-,45-/m0/s1. The summed E-state index contributed by atoms with van der Waals surface area (Å²) in [6.45, 7) is -3.81. The third-order valence-corrected chi connectivity index (χ3v) is 13.7. The molecule has 0 aliphatic carbocycles. The number of hydrogen-bond acceptors (Lipinski definition) is 30. The Labute approximate surface area is 437 Å². The zero-order valence-electron chi connectivity index (χ0n) is 41.3. The van der Waals surface area contributed by atoms with Gasteiger partial charge in [-0.25, -0.2) is 0 Å². The molecule has 0 radical (unpaired) electrons. The summed E-state index contributed by atoms with van der Waals surface area (Å²) in [5.74, 6) is -7.33. The molecular formula is C45H69N2O30-. The molecule has 5 saturated heterocycles. The second kappa shape index (κ2) is 27.4. The molecule has 2 amide bonds. The second-order valence-electron chi connectivity index (χ2n) is 19.1. The predicted molar refractivity (Wildman–Crippen MR) is 239 cm³/mol. The molecule has 18 N–H and O–H groups in total. The van der Waals surface area contributed by atoms with Crippen LogP contribution in [0.2, 0.25) is 0 Å². The van der Waals surface area contributed by atoms with Gasteiger partial charge < -0.3 is 150 Å². The van der Waals surface area contributed by atoms with Crippen molar-refractivity contribution in [1.29, 1.82) is 0 Å². The van der Waals surface area contributed by atoms with Gasteiger partial charge in [-0.2, -0.15) is 0 Å². The van der Waals surface area contributed by atoms with E-state index >= 15 is 0 Å². The van der Waals surface area contributed by atoms with Crippen LogP contribution in [0.25, 0.3) is 0 Å². The van der Waals surface area contributed by atoms with E-state index in [2.05, 4.69) is 10.6 Å². The topological polar surface area (TPSA) is 514 Å². The molecular weight excluding hydrogens is 1050 g/mol. The number of carboxylic acid groups (broad SMARTS) is 1. The van der Waals surface area contributed by atoms with Gasteiger partial charge in [0.1, 0.15) is 122 Å². The minimum atomic E-state index is -3.30. The van der Waals surface area contributed by atoms with Gasteiger partial charge in [0, 0.05) is 20.3 Å². The van der Waals surface area contributed by atoms with Crippen molar-refractivity contribution in [3.05, 3.63) is 35.4 Å². The molecule has 1 aromatic rings. The number of aliphatic carboxylic acids is 1. The van der Waals surface area contributed by atoms with Crippen molar-refractivity contribution in [3.8, 4) is 0 Å². The Bertz CT molecular complexity index is 2050. The smallest absolute Gasteiger partial charge is 0.217 e. The van der Waals surface area contributed by atoms with E-state index in [4.69, 9.17) is 47.4 Å². The maximum atomic E-state index is 12.9. The zero-order valence-corrected chi connectivity index (χ0v) is 41.3. The average molecular weight is 1120 g/mol. The summed E-state index contributed by atoms with van der Waals surface area (Å²) in [6.07, 6.45) is -47.2. The SMILES string of the molecule is CC(=O)N[C@H]1[C@H](O[C@@H]2[C@@H](O)[C@H](OCc3ccc(CO)cc3)O[C@H](CO)[C@@H]2O[C@@H]2O[C@H](CO)[C@@H](O)[C@H](O)[C@H]2O)O[C@H](CO)[C@@H](O[C@@H]2O[C@H](CO)[C@H](O)[C@H](O[C@]3(C(=O)[O-])C[C@H](O)[C@@H](NC(C)=O)[C@H]([C@H](O)[C@H](O)CO)O3)[C@H]2O)[C@@H]1O. The van der Waals surface area contributed by atoms with Crippen molar-refractivity contribution in [2.24, 2.45) is 0 Å². The highest BCUT2D eigenvalue weighted by molar-refractivity contribution is 5.75. The Kier molecular flexibility index (Phi) is 22.3. The van der Waals surface area contributed by atoms with Crippen molar-refractivity contribution in [2.75, 3.05) is 33.0 Å². The first-order valence-electron chi connectivity index (χ1n) is 24.3. The minimum Gasteiger partial charge on any atom is -0.544 e. The molecule has 26 atom stereocenters. The van der Waals surface area contributed by atoms with Crippen molar-refractivity contribution in [2.45, 2.75) is 192 Å². The van der Waals surface area contributed by atoms with Crippen LogP contribution in [-0.4, -0.2) is 292 Å². The van der Waals surface area contributed by atoms with Crippen LogP contribution in [-0.2, 0) is 75.0 Å². The lowest BCUT2D eigenvalue weighted by atomic mass is 9.88. The number of amides is 2. The number of aliphatic hydroxyl groups excluding tert-OH is 16. The second-order valence-corrected chi connectivity index (χ2v) is 19.1. The first-order chi connectivity index (χ1) is 36.5. The molecule has 0 unspecified atom stereocenters. The van der Waals surface area contributed by atoms with E-state index in [0.717, 1.165) is 13.8 Å². The number of benzene rings is 1. The Morgan fingerprint density at radius 3 is 1.65 bits per heavy atom. The number of aliphatic hydroxyl groups is 16. The molecule has 5 fully saturated rings. The van der Waals surface area contributed by atoms with E-state index < -0.39 is 216 Å². The summed E-state index contributed by atoms with van der Waals surface area (Å²) in [5.41, 5.74) is 1.06. The fourth-order valence-electron chi connectivity index (χ4n) is 9.57. The van der Waals surface area contributed by atoms with Gasteiger partial charge in [-0.1, -0.05) is 24.3 Å². The number of carbonyl (C=O) groups is 3. The fourth-order valence-corrected chi connectivity index (χ4v) is 9.57. The van der Waals surface area contributed by atoms with Crippen molar-refractivity contribution in [1.82, 2.24) is 10.6 Å². The summed E-state index contributed by atoms with van der Waals surface area (Å²) in [4.78, 5) is 37.8. The summed E-state index contributed by atoms with van der Waals surface area (Å²) < 4.78 is 58.3. The van der Waals surface area contributed by atoms with E-state index in [1.165, 1.54) is 0 Å². The maximum Gasteiger partial charge on any atom is 0.217 e. The molecule has 5 heterocycles. The molecule has 0 bridgehead atoms. The number of ether oxygens (including phenoxy) is 10. The molecule has 440 valence electrons. The lowest BCUT2D eigenvalue weighted by Crippen LogP contribution is -2.72. The number of carbonyl (C=O) groups excluding carboxylic acids is 3. The summed E-state index contributed by atoms with van der Waals surface area (Å²) in [5, 5.41) is 189. The first kappa shape index (κ1) is 62.8. The van der Waals surface area contributed by atoms with Gasteiger partial charge in [-0.05, 0) is 11.1 Å². The van der Waals surface area contributed by atoms with Crippen molar-refractivity contribution in [3.63, 3.8) is 0 Å². The summed E-state index contributed by atoms with van der Waals surface area (Å²) in [6, 6.07) is 2.80. The molecule has 32 heteroatoms. The lowest BCUT2D eigenvalue weighted by molar-refractivity contribution is -0.412. The highest BCUT2D eigenvalue weighted by atomic mass is 16.8. The van der Waals surface area contributed by atoms with Gasteiger partial charge in [-0.3, -0.25) is 9.59 Å². The Hall–Kier alpha value is -3.41. The van der Waals surface area contributed by atoms with Crippen LogP contribution in [0.4, 0.5) is 0 Å². The Morgan fingerprint density at radius 2 is 1.09 bits per heavy atom. The van der Waals surface area contributed by atoms with Crippen LogP contribution >= 0.6 is 0 Å². The van der Waals surface area contributed by atoms with Gasteiger partial charge >= 0.3 is 0 Å². The predicted octanol–water partition coefficient (Wildman–Crippen LogP) is -12.0. The fraction of sp³-hybridized carbons (Fsp3) is 0.800. The quantitative estimate of drug-likeness (QED) is 0.0513. The van der Waals surface area contributed by atoms with Crippen LogP contribution in [0.15, 0.2) is 24.3 Å². The van der Waals surface area contributed by atoms with Crippen LogP contribution in [0.5, 0.6) is 0 Å². The summed E-state index contributed by atoms with van der Waals surface area (Å²) >= 11 is 0. The van der Waals surface area contributed by atoms with E-state index in [-0.39, 0.29) is 13.2 Å². The van der Waals surface area contributed by atoms with Crippen molar-refractivity contribution < 1.29 is 149 Å². The molecule has 1 aromatic carbocycles. The van der Waals surface area contributed by atoms with Crippen LogP contribution in [0, 0.1) is 0 Å². The van der Waals surface area contributed by atoms with Crippen LogP contribution in [0.3, 0.4) is 0 Å². The third-order valence-electron chi connectivity index (χ3n) is 13.7. The molecule has 5 aliphatic rings. The molecule has 32 nitrogen and oxygen atoms in total. The molecule has 77 heavy (non-hydrogen) atoms. The number of nitrogens with one attached hydrogen (secondary N) is 2. The zero-order chi connectivity index (χ0) is 56.8. The number of carboxylic acids is 1. The maximum absolute atomic E-state index is 12.9. The van der Waals surface area contributed by atoms with E-state index in [1.54, 1.807) is 24.3 Å². The van der Waals surface area contributed by atoms with E-state index in [9.17, 15) is 101 Å². The molecule has 0 aromatic heterocycles. The van der Waals surface area contributed by atoms with E-state index in [1.807, 2.05) is 0 Å².